The van der Waals surface area contributed by atoms with Gasteiger partial charge in [-0.05, 0) is 43.7 Å². The first-order valence-corrected chi connectivity index (χ1v) is 9.58. The van der Waals surface area contributed by atoms with Crippen molar-refractivity contribution in [3.05, 3.63) is 77.5 Å². The number of aromatic hydroxyl groups is 1. The van der Waals surface area contributed by atoms with Crippen LogP contribution in [0.5, 0.6) is 11.5 Å². The highest BCUT2D eigenvalue weighted by Crippen LogP contribution is 2.44. The second kappa shape index (κ2) is 7.47. The van der Waals surface area contributed by atoms with Crippen LogP contribution in [0.4, 0.5) is 0 Å². The van der Waals surface area contributed by atoms with Gasteiger partial charge in [-0.2, -0.15) is 5.10 Å². The highest BCUT2D eigenvalue weighted by atomic mass is 16.5. The Morgan fingerprint density at radius 3 is 2.90 bits per heavy atom. The number of hydrogen-bond acceptors (Lipinski definition) is 4. The van der Waals surface area contributed by atoms with Crippen LogP contribution >= 0.6 is 0 Å². The monoisotopic (exact) mass is 389 g/mol. The smallest absolute Gasteiger partial charge is 0.273 e. The van der Waals surface area contributed by atoms with Crippen molar-refractivity contribution in [3.8, 4) is 22.8 Å². The third-order valence-electron chi connectivity index (χ3n) is 5.08. The standard InChI is InChI=1S/C23H23N3O3/c1-4-11-26-22(15-7-6-8-16(13-15)29-5-2)19-20(24-25-21(19)23(26)28)17-12-14(3)9-10-18(17)27/h4,6-10,12-13,22,27H,1,5,11H2,2-3H3,(H,24,25). The summed E-state index contributed by atoms with van der Waals surface area (Å²) < 4.78 is 5.66. The number of carbonyl (C=O) groups is 1. The Balaban J connectivity index is 1.91. The molecule has 2 aromatic carbocycles. The maximum absolute atomic E-state index is 13.1. The van der Waals surface area contributed by atoms with Gasteiger partial charge in [0.1, 0.15) is 22.9 Å². The molecule has 0 fully saturated rings. The molecule has 1 aliphatic heterocycles. The number of benzene rings is 2. The predicted molar refractivity (Wildman–Crippen MR) is 111 cm³/mol. The minimum absolute atomic E-state index is 0.126. The molecule has 1 amide bonds. The molecule has 1 aliphatic rings. The maximum atomic E-state index is 13.1. The van der Waals surface area contributed by atoms with Crippen molar-refractivity contribution in [1.29, 1.82) is 0 Å². The Morgan fingerprint density at radius 2 is 2.14 bits per heavy atom. The lowest BCUT2D eigenvalue weighted by Gasteiger charge is -2.25. The second-order valence-corrected chi connectivity index (χ2v) is 7.04. The van der Waals surface area contributed by atoms with Crippen LogP contribution in [0.15, 0.2) is 55.1 Å². The molecule has 4 rings (SSSR count). The van der Waals surface area contributed by atoms with E-state index in [4.69, 9.17) is 4.74 Å². The van der Waals surface area contributed by atoms with Crippen molar-refractivity contribution < 1.29 is 14.6 Å². The zero-order chi connectivity index (χ0) is 20.5. The fraction of sp³-hybridized carbons (Fsp3) is 0.217. The summed E-state index contributed by atoms with van der Waals surface area (Å²) in [5.41, 5.74) is 4.28. The summed E-state index contributed by atoms with van der Waals surface area (Å²) in [5, 5.41) is 17.7. The van der Waals surface area contributed by atoms with Crippen LogP contribution in [0.25, 0.3) is 11.3 Å². The van der Waals surface area contributed by atoms with Gasteiger partial charge in [0.15, 0.2) is 0 Å². The molecule has 0 saturated heterocycles. The Hall–Kier alpha value is -3.54. The van der Waals surface area contributed by atoms with Gasteiger partial charge >= 0.3 is 0 Å². The highest BCUT2D eigenvalue weighted by molar-refractivity contribution is 6.00. The summed E-state index contributed by atoms with van der Waals surface area (Å²) in [7, 11) is 0. The summed E-state index contributed by atoms with van der Waals surface area (Å²) >= 11 is 0. The molecule has 6 nitrogen and oxygen atoms in total. The third-order valence-corrected chi connectivity index (χ3v) is 5.08. The van der Waals surface area contributed by atoms with E-state index in [1.807, 2.05) is 50.2 Å². The van der Waals surface area contributed by atoms with Gasteiger partial charge in [0.2, 0.25) is 0 Å². The molecule has 1 aromatic heterocycles. The number of aromatic nitrogens is 2. The van der Waals surface area contributed by atoms with E-state index in [0.29, 0.717) is 30.1 Å². The zero-order valence-corrected chi connectivity index (χ0v) is 16.5. The quantitative estimate of drug-likeness (QED) is 0.619. The minimum Gasteiger partial charge on any atom is -0.507 e. The SMILES string of the molecule is C=CCN1C(=O)c2[nH]nc(-c3cc(C)ccc3O)c2C1c1cccc(OCC)c1. The fourth-order valence-electron chi connectivity index (χ4n) is 3.86. The van der Waals surface area contributed by atoms with E-state index in [9.17, 15) is 9.90 Å². The molecule has 0 spiro atoms. The van der Waals surface area contributed by atoms with Crippen molar-refractivity contribution in [2.24, 2.45) is 0 Å². The minimum atomic E-state index is -0.357. The lowest BCUT2D eigenvalue weighted by molar-refractivity contribution is 0.0764. The van der Waals surface area contributed by atoms with E-state index >= 15 is 0 Å². The fourth-order valence-corrected chi connectivity index (χ4v) is 3.86. The van der Waals surface area contributed by atoms with Gasteiger partial charge in [-0.1, -0.05) is 29.8 Å². The molecule has 6 heteroatoms. The van der Waals surface area contributed by atoms with E-state index in [-0.39, 0.29) is 17.7 Å². The van der Waals surface area contributed by atoms with Gasteiger partial charge < -0.3 is 14.7 Å². The molecule has 3 aromatic rings. The number of fused-ring (bicyclic) bond motifs is 1. The molecular weight excluding hydrogens is 366 g/mol. The van der Waals surface area contributed by atoms with Gasteiger partial charge in [-0.25, -0.2) is 0 Å². The number of aryl methyl sites for hydroxylation is 1. The van der Waals surface area contributed by atoms with Crippen molar-refractivity contribution in [1.82, 2.24) is 15.1 Å². The average molecular weight is 389 g/mol. The molecule has 2 N–H and O–H groups in total. The summed E-state index contributed by atoms with van der Waals surface area (Å²) in [5.74, 6) is 0.729. The van der Waals surface area contributed by atoms with E-state index in [2.05, 4.69) is 16.8 Å². The Kier molecular flexibility index (Phi) is 4.84. The summed E-state index contributed by atoms with van der Waals surface area (Å²) in [6.07, 6.45) is 1.71. The van der Waals surface area contributed by atoms with Crippen LogP contribution in [0.1, 0.15) is 40.1 Å². The van der Waals surface area contributed by atoms with Gasteiger partial charge in [-0.3, -0.25) is 9.89 Å². The van der Waals surface area contributed by atoms with E-state index in [0.717, 1.165) is 22.4 Å². The van der Waals surface area contributed by atoms with Crippen LogP contribution in [-0.2, 0) is 0 Å². The summed E-state index contributed by atoms with van der Waals surface area (Å²) in [4.78, 5) is 14.8. The Labute approximate surface area is 169 Å². The lowest BCUT2D eigenvalue weighted by Crippen LogP contribution is -2.29. The van der Waals surface area contributed by atoms with Gasteiger partial charge in [0.05, 0.1) is 12.6 Å². The summed E-state index contributed by atoms with van der Waals surface area (Å²) in [6, 6.07) is 12.7. The molecular formula is C23H23N3O3. The Bertz CT molecular complexity index is 1090. The first-order chi connectivity index (χ1) is 14.0. The van der Waals surface area contributed by atoms with Gasteiger partial charge in [-0.15, -0.1) is 6.58 Å². The number of nitrogens with one attached hydrogen (secondary N) is 1. The van der Waals surface area contributed by atoms with Crippen LogP contribution in [0, 0.1) is 6.92 Å². The number of nitrogens with zero attached hydrogens (tertiary/aromatic N) is 2. The number of hydrogen-bond donors (Lipinski definition) is 2. The van der Waals surface area contributed by atoms with Crippen LogP contribution < -0.4 is 4.74 Å². The van der Waals surface area contributed by atoms with Crippen molar-refractivity contribution in [2.75, 3.05) is 13.2 Å². The van der Waals surface area contributed by atoms with E-state index in [1.54, 1.807) is 17.0 Å². The number of rotatable bonds is 6. The first kappa shape index (κ1) is 18.8. The lowest BCUT2D eigenvalue weighted by atomic mass is 9.95. The normalized spacial score (nSPS) is 15.4. The number of amides is 1. The molecule has 0 aliphatic carbocycles. The topological polar surface area (TPSA) is 78.5 Å². The molecule has 29 heavy (non-hydrogen) atoms. The average Bonchev–Trinajstić information content (AvgIpc) is 3.24. The number of aromatic amines is 1. The molecule has 1 unspecified atom stereocenters. The predicted octanol–water partition coefficient (Wildman–Crippen LogP) is 4.22. The van der Waals surface area contributed by atoms with Gasteiger partial charge in [0, 0.05) is 17.7 Å². The second-order valence-electron chi connectivity index (χ2n) is 7.04. The van der Waals surface area contributed by atoms with Gasteiger partial charge in [0.25, 0.3) is 5.91 Å². The molecule has 0 radical (unpaired) electrons. The van der Waals surface area contributed by atoms with Crippen LogP contribution in [0.3, 0.4) is 0 Å². The number of ether oxygens (including phenoxy) is 1. The molecule has 1 atom stereocenters. The molecule has 2 heterocycles. The largest absolute Gasteiger partial charge is 0.507 e. The van der Waals surface area contributed by atoms with Crippen molar-refractivity contribution >= 4 is 5.91 Å². The van der Waals surface area contributed by atoms with E-state index in [1.165, 1.54) is 0 Å². The number of phenolic OH excluding ortho intramolecular Hbond substituents is 1. The summed E-state index contributed by atoms with van der Waals surface area (Å²) in [6.45, 7) is 8.64. The molecule has 0 bridgehead atoms. The molecule has 0 saturated carbocycles. The zero-order valence-electron chi connectivity index (χ0n) is 16.5. The third kappa shape index (κ3) is 3.16. The van der Waals surface area contributed by atoms with Crippen molar-refractivity contribution in [2.45, 2.75) is 19.9 Å². The Morgan fingerprint density at radius 1 is 1.31 bits per heavy atom. The number of phenols is 1. The van der Waals surface area contributed by atoms with Crippen LogP contribution in [-0.4, -0.2) is 39.3 Å². The number of carbonyl (C=O) groups excluding carboxylic acids is 1. The van der Waals surface area contributed by atoms with Crippen molar-refractivity contribution in [3.63, 3.8) is 0 Å². The molecule has 148 valence electrons. The van der Waals surface area contributed by atoms with Crippen LogP contribution in [0.2, 0.25) is 0 Å². The highest BCUT2D eigenvalue weighted by Gasteiger charge is 2.42. The number of H-pyrrole nitrogens is 1. The van der Waals surface area contributed by atoms with E-state index < -0.39 is 0 Å². The maximum Gasteiger partial charge on any atom is 0.273 e. The first-order valence-electron chi connectivity index (χ1n) is 9.58.